The zero-order valence-electron chi connectivity index (χ0n) is 12.4. The lowest BCUT2D eigenvalue weighted by Crippen LogP contribution is -2.02. The van der Waals surface area contributed by atoms with E-state index in [1.807, 2.05) is 44.2 Å². The molecule has 0 aliphatic carbocycles. The molecule has 4 heteroatoms. The lowest BCUT2D eigenvalue weighted by atomic mass is 10.2. The Kier molecular flexibility index (Phi) is 5.32. The van der Waals surface area contributed by atoms with E-state index in [2.05, 4.69) is 5.32 Å². The summed E-state index contributed by atoms with van der Waals surface area (Å²) in [6, 6.07) is 12.9. The highest BCUT2D eigenvalue weighted by molar-refractivity contribution is 5.48. The smallest absolute Gasteiger partial charge is 0.161 e. The molecule has 2 rings (SSSR count). The highest BCUT2D eigenvalue weighted by atomic mass is 16.5. The van der Waals surface area contributed by atoms with Gasteiger partial charge in [-0.05, 0) is 55.8 Å². The molecule has 2 aromatic rings. The quantitative estimate of drug-likeness (QED) is 0.760. The molecule has 0 aromatic heterocycles. The van der Waals surface area contributed by atoms with Gasteiger partial charge in [0.05, 0.1) is 13.2 Å². The van der Waals surface area contributed by atoms with Gasteiger partial charge in [-0.2, -0.15) is 0 Å². The van der Waals surface area contributed by atoms with Crippen molar-refractivity contribution in [2.24, 2.45) is 0 Å². The molecule has 2 N–H and O–H groups in total. The maximum Gasteiger partial charge on any atom is 0.161 e. The van der Waals surface area contributed by atoms with Crippen molar-refractivity contribution in [1.82, 2.24) is 0 Å². The number of rotatable bonds is 7. The minimum atomic E-state index is 0.264. The molecule has 0 aliphatic heterocycles. The van der Waals surface area contributed by atoms with Gasteiger partial charge < -0.3 is 19.9 Å². The van der Waals surface area contributed by atoms with Gasteiger partial charge in [-0.3, -0.25) is 0 Å². The summed E-state index contributed by atoms with van der Waals surface area (Å²) in [5, 5.41) is 12.6. The maximum atomic E-state index is 9.26. The van der Waals surface area contributed by atoms with Gasteiger partial charge in [-0.1, -0.05) is 6.07 Å². The summed E-state index contributed by atoms with van der Waals surface area (Å²) in [4.78, 5) is 0. The summed E-state index contributed by atoms with van der Waals surface area (Å²) in [7, 11) is 0. The number of hydrogen-bond donors (Lipinski definition) is 2. The van der Waals surface area contributed by atoms with Gasteiger partial charge in [0.2, 0.25) is 0 Å². The molecular formula is C17H21NO3. The van der Waals surface area contributed by atoms with E-state index in [0.29, 0.717) is 19.8 Å². The SMILES string of the molecule is CCOc1ccc(CNc2ccc(O)cc2)cc1OCC. The van der Waals surface area contributed by atoms with Gasteiger partial charge in [0.25, 0.3) is 0 Å². The second-order valence-electron chi connectivity index (χ2n) is 4.55. The zero-order chi connectivity index (χ0) is 15.1. The minimum absolute atomic E-state index is 0.264. The van der Waals surface area contributed by atoms with E-state index in [-0.39, 0.29) is 5.75 Å². The van der Waals surface area contributed by atoms with Crippen LogP contribution >= 0.6 is 0 Å². The summed E-state index contributed by atoms with van der Waals surface area (Å²) >= 11 is 0. The molecule has 2 aromatic carbocycles. The number of ether oxygens (including phenoxy) is 2. The predicted octanol–water partition coefficient (Wildman–Crippen LogP) is 3.80. The number of anilines is 1. The topological polar surface area (TPSA) is 50.7 Å². The molecule has 0 heterocycles. The van der Waals surface area contributed by atoms with Crippen molar-refractivity contribution in [3.8, 4) is 17.2 Å². The Morgan fingerprint density at radius 2 is 1.57 bits per heavy atom. The van der Waals surface area contributed by atoms with Crippen LogP contribution in [0.25, 0.3) is 0 Å². The lowest BCUT2D eigenvalue weighted by molar-refractivity contribution is 0.287. The van der Waals surface area contributed by atoms with Crippen molar-refractivity contribution >= 4 is 5.69 Å². The molecule has 0 unspecified atom stereocenters. The maximum absolute atomic E-state index is 9.26. The Labute approximate surface area is 125 Å². The van der Waals surface area contributed by atoms with E-state index in [0.717, 1.165) is 22.7 Å². The van der Waals surface area contributed by atoms with Crippen LogP contribution in [-0.4, -0.2) is 18.3 Å². The molecular weight excluding hydrogens is 266 g/mol. The fraction of sp³-hybridized carbons (Fsp3) is 0.294. The van der Waals surface area contributed by atoms with E-state index in [1.165, 1.54) is 0 Å². The Morgan fingerprint density at radius 1 is 0.905 bits per heavy atom. The summed E-state index contributed by atoms with van der Waals surface area (Å²) in [5.41, 5.74) is 2.06. The average Bonchev–Trinajstić information content (AvgIpc) is 2.49. The van der Waals surface area contributed by atoms with Crippen LogP contribution < -0.4 is 14.8 Å². The van der Waals surface area contributed by atoms with E-state index in [1.54, 1.807) is 12.1 Å². The molecule has 4 nitrogen and oxygen atoms in total. The second kappa shape index (κ2) is 7.43. The third kappa shape index (κ3) is 4.31. The van der Waals surface area contributed by atoms with Gasteiger partial charge in [0.1, 0.15) is 5.75 Å². The molecule has 0 aliphatic rings. The van der Waals surface area contributed by atoms with Crippen LogP contribution in [0.15, 0.2) is 42.5 Å². The lowest BCUT2D eigenvalue weighted by Gasteiger charge is -2.13. The minimum Gasteiger partial charge on any atom is -0.508 e. The average molecular weight is 287 g/mol. The number of aromatic hydroxyl groups is 1. The van der Waals surface area contributed by atoms with Gasteiger partial charge in [0, 0.05) is 12.2 Å². The zero-order valence-corrected chi connectivity index (χ0v) is 12.4. The second-order valence-corrected chi connectivity index (χ2v) is 4.55. The number of benzene rings is 2. The van der Waals surface area contributed by atoms with Crippen LogP contribution in [0.2, 0.25) is 0 Å². The third-order valence-electron chi connectivity index (χ3n) is 2.97. The molecule has 0 spiro atoms. The van der Waals surface area contributed by atoms with Crippen molar-refractivity contribution in [3.63, 3.8) is 0 Å². The molecule has 0 radical (unpaired) electrons. The molecule has 21 heavy (non-hydrogen) atoms. The molecule has 0 atom stereocenters. The summed E-state index contributed by atoms with van der Waals surface area (Å²) in [6.07, 6.45) is 0. The van der Waals surface area contributed by atoms with E-state index < -0.39 is 0 Å². The number of phenols is 1. The normalized spacial score (nSPS) is 10.2. The highest BCUT2D eigenvalue weighted by Crippen LogP contribution is 2.29. The summed E-state index contributed by atoms with van der Waals surface area (Å²) in [6.45, 7) is 5.81. The Balaban J connectivity index is 2.05. The Morgan fingerprint density at radius 3 is 2.24 bits per heavy atom. The molecule has 0 amide bonds. The van der Waals surface area contributed by atoms with Crippen molar-refractivity contribution in [1.29, 1.82) is 0 Å². The largest absolute Gasteiger partial charge is 0.508 e. The van der Waals surface area contributed by atoms with Crippen LogP contribution in [0.5, 0.6) is 17.2 Å². The standard InChI is InChI=1S/C17H21NO3/c1-3-20-16-10-5-13(11-17(16)21-4-2)12-18-14-6-8-15(19)9-7-14/h5-11,18-19H,3-4,12H2,1-2H3. The van der Waals surface area contributed by atoms with Crippen LogP contribution in [0.3, 0.4) is 0 Å². The molecule has 0 saturated heterocycles. The van der Waals surface area contributed by atoms with E-state index in [9.17, 15) is 5.11 Å². The fourth-order valence-corrected chi connectivity index (χ4v) is 1.99. The Hall–Kier alpha value is -2.36. The fourth-order valence-electron chi connectivity index (χ4n) is 1.99. The van der Waals surface area contributed by atoms with Crippen LogP contribution in [0.1, 0.15) is 19.4 Å². The Bertz CT molecular complexity index is 567. The van der Waals surface area contributed by atoms with Crippen LogP contribution in [-0.2, 0) is 6.54 Å². The highest BCUT2D eigenvalue weighted by Gasteiger charge is 2.06. The van der Waals surface area contributed by atoms with Crippen LogP contribution in [0, 0.1) is 0 Å². The van der Waals surface area contributed by atoms with Crippen molar-refractivity contribution in [3.05, 3.63) is 48.0 Å². The predicted molar refractivity (Wildman–Crippen MR) is 84.2 cm³/mol. The van der Waals surface area contributed by atoms with Crippen molar-refractivity contribution < 1.29 is 14.6 Å². The van der Waals surface area contributed by atoms with Gasteiger partial charge in [-0.25, -0.2) is 0 Å². The molecule has 112 valence electrons. The van der Waals surface area contributed by atoms with E-state index >= 15 is 0 Å². The monoisotopic (exact) mass is 287 g/mol. The van der Waals surface area contributed by atoms with Crippen molar-refractivity contribution in [2.45, 2.75) is 20.4 Å². The van der Waals surface area contributed by atoms with Crippen molar-refractivity contribution in [2.75, 3.05) is 18.5 Å². The number of hydrogen-bond acceptors (Lipinski definition) is 4. The third-order valence-corrected chi connectivity index (χ3v) is 2.97. The first-order chi connectivity index (χ1) is 10.2. The molecule has 0 saturated carbocycles. The number of nitrogens with one attached hydrogen (secondary N) is 1. The van der Waals surface area contributed by atoms with Gasteiger partial charge in [0.15, 0.2) is 11.5 Å². The first-order valence-electron chi connectivity index (χ1n) is 7.14. The van der Waals surface area contributed by atoms with Gasteiger partial charge >= 0.3 is 0 Å². The summed E-state index contributed by atoms with van der Waals surface area (Å²) in [5.74, 6) is 1.80. The first kappa shape index (κ1) is 15.0. The molecule has 0 fully saturated rings. The van der Waals surface area contributed by atoms with Gasteiger partial charge in [-0.15, -0.1) is 0 Å². The van der Waals surface area contributed by atoms with Crippen LogP contribution in [0.4, 0.5) is 5.69 Å². The number of phenolic OH excluding ortho intramolecular Hbond substituents is 1. The first-order valence-corrected chi connectivity index (χ1v) is 7.14. The van der Waals surface area contributed by atoms with E-state index in [4.69, 9.17) is 9.47 Å². The summed E-state index contributed by atoms with van der Waals surface area (Å²) < 4.78 is 11.2. The molecule has 0 bridgehead atoms.